The molecule has 0 aromatic heterocycles. The number of phosphoric acid groups is 1. The number of rotatable bonds is 48. The van der Waals surface area contributed by atoms with E-state index in [0.29, 0.717) is 13.0 Å². The minimum Gasteiger partial charge on any atom is -0.457 e. The zero-order valence-corrected chi connectivity index (χ0v) is 38.7. The zero-order chi connectivity index (χ0) is 41.6. The van der Waals surface area contributed by atoms with Crippen molar-refractivity contribution < 1.29 is 32.8 Å². The summed E-state index contributed by atoms with van der Waals surface area (Å²) in [5.74, 6) is -0.326. The fourth-order valence-corrected chi connectivity index (χ4v) is 8.05. The van der Waals surface area contributed by atoms with Crippen LogP contribution < -0.4 is 5.73 Å². The van der Waals surface area contributed by atoms with E-state index < -0.39 is 13.9 Å². The molecule has 0 aliphatic heterocycles. The number of esters is 1. The summed E-state index contributed by atoms with van der Waals surface area (Å²) in [6.07, 6.45) is 51.1. The second-order valence-corrected chi connectivity index (χ2v) is 18.1. The number of carbonyl (C=O) groups is 1. The van der Waals surface area contributed by atoms with Gasteiger partial charge in [-0.15, -0.1) is 0 Å². The Morgan fingerprint density at radius 1 is 0.509 bits per heavy atom. The van der Waals surface area contributed by atoms with Crippen LogP contribution in [0.2, 0.25) is 0 Å². The van der Waals surface area contributed by atoms with Crippen LogP contribution in [0, 0.1) is 0 Å². The third-order valence-electron chi connectivity index (χ3n) is 10.9. The number of carbonyl (C=O) groups excluding carboxylic acids is 1. The summed E-state index contributed by atoms with van der Waals surface area (Å²) in [6.45, 7) is 4.97. The standard InChI is InChI=1S/C48H96NO7P/c1-3-5-7-9-11-13-15-17-18-19-20-21-22-23-24-25-26-27-28-29-30-32-34-36-38-40-43-53-45-47(46-55-57(51,52)54-44-42-49)56-48(50)41-39-37-35-33-31-16-14-12-10-8-6-4-2/h19-20,47H,3-18,21-46,49H2,1-2H3,(H,51,52)/b20-19-. The summed E-state index contributed by atoms with van der Waals surface area (Å²) >= 11 is 0. The largest absolute Gasteiger partial charge is 0.472 e. The maximum Gasteiger partial charge on any atom is 0.472 e. The van der Waals surface area contributed by atoms with E-state index in [1.807, 2.05) is 0 Å². The lowest BCUT2D eigenvalue weighted by molar-refractivity contribution is -0.154. The van der Waals surface area contributed by atoms with Gasteiger partial charge in [0.05, 0.1) is 19.8 Å². The summed E-state index contributed by atoms with van der Waals surface area (Å²) in [5, 5.41) is 0. The number of hydrogen-bond acceptors (Lipinski definition) is 7. The molecule has 0 fully saturated rings. The quantitative estimate of drug-likeness (QED) is 0.0269. The summed E-state index contributed by atoms with van der Waals surface area (Å²) in [6, 6.07) is 0. The molecule has 0 aromatic rings. The van der Waals surface area contributed by atoms with Gasteiger partial charge >= 0.3 is 13.8 Å². The van der Waals surface area contributed by atoms with Gasteiger partial charge in [0.15, 0.2) is 0 Å². The highest BCUT2D eigenvalue weighted by atomic mass is 31.2. The monoisotopic (exact) mass is 830 g/mol. The number of ether oxygens (including phenoxy) is 2. The Bertz CT molecular complexity index is 889. The van der Waals surface area contributed by atoms with Gasteiger partial charge in [0, 0.05) is 19.6 Å². The summed E-state index contributed by atoms with van der Waals surface area (Å²) in [4.78, 5) is 22.5. The SMILES string of the molecule is CCCCCCCCCC/C=C\CCCCCCCCCCCCCCCCOCC(COP(=O)(O)OCCN)OC(=O)CCCCCCCCCCCCCC. The molecule has 0 aliphatic carbocycles. The molecule has 3 N–H and O–H groups in total. The molecule has 8 nitrogen and oxygen atoms in total. The van der Waals surface area contributed by atoms with Crippen LogP contribution >= 0.6 is 7.82 Å². The lowest BCUT2D eigenvalue weighted by Crippen LogP contribution is -2.28. The van der Waals surface area contributed by atoms with E-state index in [9.17, 15) is 14.3 Å². The predicted octanol–water partition coefficient (Wildman–Crippen LogP) is 15.0. The third kappa shape index (κ3) is 46.2. The molecule has 0 saturated heterocycles. The highest BCUT2D eigenvalue weighted by Crippen LogP contribution is 2.43. The van der Waals surface area contributed by atoms with Crippen molar-refractivity contribution in [3.05, 3.63) is 12.2 Å². The lowest BCUT2D eigenvalue weighted by Gasteiger charge is -2.20. The molecular weight excluding hydrogens is 734 g/mol. The molecule has 0 spiro atoms. The zero-order valence-electron chi connectivity index (χ0n) is 37.9. The van der Waals surface area contributed by atoms with Crippen molar-refractivity contribution in [2.45, 2.75) is 258 Å². The maximum absolute atomic E-state index is 12.6. The van der Waals surface area contributed by atoms with E-state index in [4.69, 9.17) is 24.3 Å². The van der Waals surface area contributed by atoms with Crippen molar-refractivity contribution in [1.82, 2.24) is 0 Å². The number of hydrogen-bond donors (Lipinski definition) is 2. The van der Waals surface area contributed by atoms with E-state index >= 15 is 0 Å². The van der Waals surface area contributed by atoms with Gasteiger partial charge in [-0.2, -0.15) is 0 Å². The molecule has 0 aromatic carbocycles. The number of allylic oxidation sites excluding steroid dienone is 2. The fourth-order valence-electron chi connectivity index (χ4n) is 7.29. The van der Waals surface area contributed by atoms with Crippen LogP contribution in [-0.2, 0) is 27.9 Å². The molecule has 0 rings (SSSR count). The molecular formula is C48H96NO7P. The van der Waals surface area contributed by atoms with Gasteiger partial charge in [-0.1, -0.05) is 219 Å². The lowest BCUT2D eigenvalue weighted by atomic mass is 10.0. The first-order chi connectivity index (χ1) is 27.9. The number of phosphoric ester groups is 1. The molecule has 340 valence electrons. The van der Waals surface area contributed by atoms with Crippen molar-refractivity contribution in [3.63, 3.8) is 0 Å². The Morgan fingerprint density at radius 3 is 1.28 bits per heavy atom. The van der Waals surface area contributed by atoms with E-state index in [0.717, 1.165) is 32.1 Å². The van der Waals surface area contributed by atoms with Crippen molar-refractivity contribution >= 4 is 13.8 Å². The van der Waals surface area contributed by atoms with Crippen LogP contribution in [0.15, 0.2) is 12.2 Å². The summed E-state index contributed by atoms with van der Waals surface area (Å²) in [5.41, 5.74) is 5.38. The van der Waals surface area contributed by atoms with Crippen LogP contribution in [0.1, 0.15) is 251 Å². The van der Waals surface area contributed by atoms with Crippen molar-refractivity contribution in [2.75, 3.05) is 33.0 Å². The Labute approximate surface area is 354 Å². The highest BCUT2D eigenvalue weighted by molar-refractivity contribution is 7.47. The van der Waals surface area contributed by atoms with Crippen LogP contribution in [-0.4, -0.2) is 49.9 Å². The minimum absolute atomic E-state index is 0.0915. The normalized spacial score (nSPS) is 13.4. The Hall–Kier alpha value is -0.760. The van der Waals surface area contributed by atoms with Gasteiger partial charge in [-0.05, 0) is 38.5 Å². The van der Waals surface area contributed by atoms with Crippen LogP contribution in [0.4, 0.5) is 0 Å². The van der Waals surface area contributed by atoms with Crippen LogP contribution in [0.3, 0.4) is 0 Å². The third-order valence-corrected chi connectivity index (χ3v) is 11.9. The Kier molecular flexibility index (Phi) is 45.7. The average Bonchev–Trinajstić information content (AvgIpc) is 3.20. The van der Waals surface area contributed by atoms with E-state index in [-0.39, 0.29) is 32.3 Å². The Balaban J connectivity index is 3.82. The second kappa shape index (κ2) is 46.3. The molecule has 9 heteroatoms. The van der Waals surface area contributed by atoms with Crippen molar-refractivity contribution in [1.29, 1.82) is 0 Å². The first-order valence-corrected chi connectivity index (χ1v) is 26.2. The molecule has 0 bridgehead atoms. The van der Waals surface area contributed by atoms with Gasteiger partial charge < -0.3 is 20.1 Å². The molecule has 57 heavy (non-hydrogen) atoms. The van der Waals surface area contributed by atoms with Gasteiger partial charge in [0.25, 0.3) is 0 Å². The fraction of sp³-hybridized carbons (Fsp3) is 0.938. The first-order valence-electron chi connectivity index (χ1n) is 24.7. The topological polar surface area (TPSA) is 117 Å². The number of nitrogens with two attached hydrogens (primary N) is 1. The first kappa shape index (κ1) is 56.2. The van der Waals surface area contributed by atoms with Crippen LogP contribution in [0.25, 0.3) is 0 Å². The maximum atomic E-state index is 12.6. The second-order valence-electron chi connectivity index (χ2n) is 16.7. The molecule has 0 amide bonds. The van der Waals surface area contributed by atoms with Crippen molar-refractivity contribution in [3.8, 4) is 0 Å². The van der Waals surface area contributed by atoms with Crippen molar-refractivity contribution in [2.24, 2.45) is 5.73 Å². The van der Waals surface area contributed by atoms with E-state index in [1.54, 1.807) is 0 Å². The summed E-state index contributed by atoms with van der Waals surface area (Å²) in [7, 11) is -4.27. The van der Waals surface area contributed by atoms with E-state index in [2.05, 4.69) is 26.0 Å². The van der Waals surface area contributed by atoms with Gasteiger partial charge in [-0.25, -0.2) is 4.57 Å². The molecule has 0 radical (unpaired) electrons. The highest BCUT2D eigenvalue weighted by Gasteiger charge is 2.25. The number of unbranched alkanes of at least 4 members (excludes halogenated alkanes) is 33. The van der Waals surface area contributed by atoms with Crippen LogP contribution in [0.5, 0.6) is 0 Å². The molecule has 2 unspecified atom stereocenters. The van der Waals surface area contributed by atoms with Gasteiger partial charge in [0.2, 0.25) is 0 Å². The predicted molar refractivity (Wildman–Crippen MR) is 243 cm³/mol. The molecule has 0 heterocycles. The Morgan fingerprint density at radius 2 is 0.877 bits per heavy atom. The minimum atomic E-state index is -4.27. The average molecular weight is 830 g/mol. The molecule has 0 saturated carbocycles. The molecule has 0 aliphatic rings. The van der Waals surface area contributed by atoms with Gasteiger partial charge in [0.1, 0.15) is 6.10 Å². The molecule has 2 atom stereocenters. The van der Waals surface area contributed by atoms with Gasteiger partial charge in [-0.3, -0.25) is 13.8 Å². The summed E-state index contributed by atoms with van der Waals surface area (Å²) < 4.78 is 33.5. The van der Waals surface area contributed by atoms with E-state index in [1.165, 1.54) is 199 Å². The smallest absolute Gasteiger partial charge is 0.457 e.